The second kappa shape index (κ2) is 7.32. The Morgan fingerprint density at radius 1 is 1.35 bits per heavy atom. The van der Waals surface area contributed by atoms with Crippen LogP contribution in [0.1, 0.15) is 51.0 Å². The first-order valence-electron chi connectivity index (χ1n) is 7.83. The molecule has 0 bridgehead atoms. The zero-order chi connectivity index (χ0) is 14.4. The number of hydrogen-bond acceptors (Lipinski definition) is 2. The van der Waals surface area contributed by atoms with Gasteiger partial charge < -0.3 is 11.1 Å². The topological polar surface area (TPSA) is 55.1 Å². The van der Waals surface area contributed by atoms with Gasteiger partial charge in [-0.1, -0.05) is 38.3 Å². The highest BCUT2D eigenvalue weighted by atomic mass is 16.1. The van der Waals surface area contributed by atoms with Crippen LogP contribution in [0.5, 0.6) is 0 Å². The molecule has 1 amide bonds. The standard InChI is InChI=1S/C17H26N2O/c1-2-16(14-8-4-3-5-9-14)19-17(20)12-13-7-6-10-15(18)11-13/h6-7,10-11,14,16H,2-5,8-9,12,18H2,1H3,(H,19,20). The van der Waals surface area contributed by atoms with E-state index in [-0.39, 0.29) is 5.91 Å². The van der Waals surface area contributed by atoms with Crippen LogP contribution in [0.15, 0.2) is 24.3 Å². The van der Waals surface area contributed by atoms with E-state index in [1.54, 1.807) is 0 Å². The first-order chi connectivity index (χ1) is 9.69. The maximum absolute atomic E-state index is 12.2. The third-order valence-corrected chi connectivity index (χ3v) is 4.32. The van der Waals surface area contributed by atoms with Crippen LogP contribution in [-0.4, -0.2) is 11.9 Å². The molecule has 1 saturated carbocycles. The van der Waals surface area contributed by atoms with E-state index in [0.29, 0.717) is 18.4 Å². The predicted octanol–water partition coefficient (Wildman–Crippen LogP) is 3.29. The molecular formula is C17H26N2O. The van der Waals surface area contributed by atoms with Crippen molar-refractivity contribution >= 4 is 11.6 Å². The second-order valence-electron chi connectivity index (χ2n) is 5.90. The largest absolute Gasteiger partial charge is 0.399 e. The number of amides is 1. The molecule has 0 radical (unpaired) electrons. The van der Waals surface area contributed by atoms with Crippen LogP contribution in [0.25, 0.3) is 0 Å². The highest BCUT2D eigenvalue weighted by Gasteiger charge is 2.23. The summed E-state index contributed by atoms with van der Waals surface area (Å²) in [6.45, 7) is 2.17. The van der Waals surface area contributed by atoms with Gasteiger partial charge in [-0.15, -0.1) is 0 Å². The Morgan fingerprint density at radius 2 is 2.10 bits per heavy atom. The van der Waals surface area contributed by atoms with Crippen LogP contribution in [0.3, 0.4) is 0 Å². The molecule has 0 aliphatic heterocycles. The van der Waals surface area contributed by atoms with E-state index in [2.05, 4.69) is 12.2 Å². The lowest BCUT2D eigenvalue weighted by atomic mass is 9.83. The van der Waals surface area contributed by atoms with Crippen LogP contribution >= 0.6 is 0 Å². The lowest BCUT2D eigenvalue weighted by Crippen LogP contribution is -2.41. The molecule has 0 spiro atoms. The van der Waals surface area contributed by atoms with Crippen molar-refractivity contribution in [3.63, 3.8) is 0 Å². The van der Waals surface area contributed by atoms with Crippen molar-refractivity contribution in [1.29, 1.82) is 0 Å². The summed E-state index contributed by atoms with van der Waals surface area (Å²) < 4.78 is 0. The Morgan fingerprint density at radius 3 is 2.75 bits per heavy atom. The fourth-order valence-electron chi connectivity index (χ4n) is 3.24. The summed E-state index contributed by atoms with van der Waals surface area (Å²) >= 11 is 0. The predicted molar refractivity (Wildman–Crippen MR) is 83.4 cm³/mol. The van der Waals surface area contributed by atoms with Gasteiger partial charge in [0.2, 0.25) is 5.91 Å². The van der Waals surface area contributed by atoms with Gasteiger partial charge in [-0.3, -0.25) is 4.79 Å². The number of carbonyl (C=O) groups is 1. The number of carbonyl (C=O) groups excluding carboxylic acids is 1. The van der Waals surface area contributed by atoms with Crippen LogP contribution in [0, 0.1) is 5.92 Å². The third-order valence-electron chi connectivity index (χ3n) is 4.32. The minimum Gasteiger partial charge on any atom is -0.399 e. The van der Waals surface area contributed by atoms with E-state index in [4.69, 9.17) is 5.73 Å². The summed E-state index contributed by atoms with van der Waals surface area (Å²) in [5.74, 6) is 0.784. The molecular weight excluding hydrogens is 248 g/mol. The molecule has 1 unspecified atom stereocenters. The molecule has 1 atom stereocenters. The zero-order valence-corrected chi connectivity index (χ0v) is 12.4. The van der Waals surface area contributed by atoms with Crippen molar-refractivity contribution in [3.05, 3.63) is 29.8 Å². The maximum atomic E-state index is 12.2. The molecule has 3 nitrogen and oxygen atoms in total. The quantitative estimate of drug-likeness (QED) is 0.810. The van der Waals surface area contributed by atoms with E-state index in [0.717, 1.165) is 17.7 Å². The van der Waals surface area contributed by atoms with Gasteiger partial charge in [0.15, 0.2) is 0 Å². The summed E-state index contributed by atoms with van der Waals surface area (Å²) in [4.78, 5) is 12.2. The zero-order valence-electron chi connectivity index (χ0n) is 12.4. The average Bonchev–Trinajstić information content (AvgIpc) is 2.45. The summed E-state index contributed by atoms with van der Waals surface area (Å²) in [5.41, 5.74) is 7.45. The van der Waals surface area contributed by atoms with Crippen LogP contribution < -0.4 is 11.1 Å². The van der Waals surface area contributed by atoms with Crippen molar-refractivity contribution in [2.24, 2.45) is 5.92 Å². The normalized spacial score (nSPS) is 17.6. The van der Waals surface area contributed by atoms with Crippen LogP contribution in [0.4, 0.5) is 5.69 Å². The smallest absolute Gasteiger partial charge is 0.224 e. The number of nitrogens with one attached hydrogen (secondary N) is 1. The fraction of sp³-hybridized carbons (Fsp3) is 0.588. The second-order valence-corrected chi connectivity index (χ2v) is 5.90. The van der Waals surface area contributed by atoms with Gasteiger partial charge in [-0.2, -0.15) is 0 Å². The Labute approximate surface area is 121 Å². The number of nitrogen functional groups attached to an aromatic ring is 1. The summed E-state index contributed by atoms with van der Waals surface area (Å²) in [5, 5.41) is 3.22. The van der Waals surface area contributed by atoms with Gasteiger partial charge in [-0.05, 0) is 42.9 Å². The van der Waals surface area contributed by atoms with Crippen molar-refractivity contribution < 1.29 is 4.79 Å². The molecule has 20 heavy (non-hydrogen) atoms. The lowest BCUT2D eigenvalue weighted by Gasteiger charge is -2.30. The molecule has 2 rings (SSSR count). The molecule has 0 heterocycles. The lowest BCUT2D eigenvalue weighted by molar-refractivity contribution is -0.121. The monoisotopic (exact) mass is 274 g/mol. The number of rotatable bonds is 5. The van der Waals surface area contributed by atoms with Crippen molar-refractivity contribution in [3.8, 4) is 0 Å². The number of anilines is 1. The number of benzene rings is 1. The molecule has 1 aliphatic rings. The Kier molecular flexibility index (Phi) is 5.45. The van der Waals surface area contributed by atoms with Gasteiger partial charge in [0, 0.05) is 11.7 Å². The van der Waals surface area contributed by atoms with Gasteiger partial charge in [0.05, 0.1) is 6.42 Å². The minimum absolute atomic E-state index is 0.119. The molecule has 110 valence electrons. The van der Waals surface area contributed by atoms with Crippen molar-refractivity contribution in [2.45, 2.75) is 57.9 Å². The van der Waals surface area contributed by atoms with Gasteiger partial charge >= 0.3 is 0 Å². The molecule has 3 heteroatoms. The van der Waals surface area contributed by atoms with Crippen molar-refractivity contribution in [1.82, 2.24) is 5.32 Å². The number of nitrogens with two attached hydrogens (primary N) is 1. The van der Waals surface area contributed by atoms with Gasteiger partial charge in [-0.25, -0.2) is 0 Å². The van der Waals surface area contributed by atoms with E-state index in [9.17, 15) is 4.79 Å². The molecule has 1 fully saturated rings. The molecule has 0 aromatic heterocycles. The Balaban J connectivity index is 1.88. The third kappa shape index (κ3) is 4.26. The first kappa shape index (κ1) is 14.9. The summed E-state index contributed by atoms with van der Waals surface area (Å²) in [6, 6.07) is 7.91. The van der Waals surface area contributed by atoms with E-state index >= 15 is 0 Å². The number of hydrogen-bond donors (Lipinski definition) is 2. The molecule has 1 aliphatic carbocycles. The van der Waals surface area contributed by atoms with E-state index in [1.165, 1.54) is 32.1 Å². The average molecular weight is 274 g/mol. The van der Waals surface area contributed by atoms with E-state index in [1.807, 2.05) is 24.3 Å². The SMILES string of the molecule is CCC(NC(=O)Cc1cccc(N)c1)C1CCCCC1. The molecule has 0 saturated heterocycles. The Bertz CT molecular complexity index is 438. The summed E-state index contributed by atoms with van der Waals surface area (Å²) in [7, 11) is 0. The van der Waals surface area contributed by atoms with Crippen LogP contribution in [0.2, 0.25) is 0 Å². The highest BCUT2D eigenvalue weighted by molar-refractivity contribution is 5.79. The fourth-order valence-corrected chi connectivity index (χ4v) is 3.24. The van der Waals surface area contributed by atoms with Crippen molar-refractivity contribution in [2.75, 3.05) is 5.73 Å². The maximum Gasteiger partial charge on any atom is 0.224 e. The first-order valence-corrected chi connectivity index (χ1v) is 7.83. The Hall–Kier alpha value is -1.51. The van der Waals surface area contributed by atoms with Gasteiger partial charge in [0.1, 0.15) is 0 Å². The minimum atomic E-state index is 0.119. The van der Waals surface area contributed by atoms with Crippen LogP contribution in [-0.2, 0) is 11.2 Å². The van der Waals surface area contributed by atoms with Gasteiger partial charge in [0.25, 0.3) is 0 Å². The summed E-state index contributed by atoms with van der Waals surface area (Å²) in [6.07, 6.45) is 7.94. The molecule has 3 N–H and O–H groups in total. The highest BCUT2D eigenvalue weighted by Crippen LogP contribution is 2.27. The molecule has 1 aromatic rings. The van der Waals surface area contributed by atoms with E-state index < -0.39 is 0 Å². The molecule has 1 aromatic carbocycles.